The van der Waals surface area contributed by atoms with Gasteiger partial charge in [0.05, 0.1) is 13.1 Å². The van der Waals surface area contributed by atoms with E-state index in [1.807, 2.05) is 6.20 Å². The number of hydrogen-bond acceptors (Lipinski definition) is 5. The predicted octanol–water partition coefficient (Wildman–Crippen LogP) is 2.49. The van der Waals surface area contributed by atoms with Gasteiger partial charge in [0.25, 0.3) is 0 Å². The highest BCUT2D eigenvalue weighted by molar-refractivity contribution is 5.05. The molecule has 0 atom stereocenters. The average Bonchev–Trinajstić information content (AvgIpc) is 3.44. The molecular formula is C20H33N7. The molecular weight excluding hydrogens is 338 g/mol. The molecule has 0 bridgehead atoms. The van der Waals surface area contributed by atoms with Gasteiger partial charge in [-0.3, -0.25) is 9.80 Å². The molecule has 0 amide bonds. The molecule has 2 fully saturated rings. The molecule has 2 saturated heterocycles. The van der Waals surface area contributed by atoms with Gasteiger partial charge in [0.15, 0.2) is 0 Å². The summed E-state index contributed by atoms with van der Waals surface area (Å²) in [5.41, 5.74) is 0. The molecule has 4 rings (SSSR count). The van der Waals surface area contributed by atoms with Crippen molar-refractivity contribution in [3.05, 3.63) is 29.9 Å². The molecule has 0 aliphatic carbocycles. The minimum atomic E-state index is 0.534. The lowest BCUT2D eigenvalue weighted by Gasteiger charge is -2.31. The van der Waals surface area contributed by atoms with Crippen molar-refractivity contribution in [1.29, 1.82) is 0 Å². The number of imidazole rings is 1. The standard InChI is InChI=1S/C20H33N7/c1-3-26-14-9-21-18(26)15-25-12-7-17(8-13-25)20-23-22-19(27(20)4-2)16-24-10-5-6-11-24/h9,14,17H,3-8,10-13,15-16H2,1-2H3. The van der Waals surface area contributed by atoms with Crippen LogP contribution in [0.2, 0.25) is 0 Å². The minimum absolute atomic E-state index is 0.534. The molecule has 2 aliphatic rings. The molecule has 0 unspecified atom stereocenters. The molecule has 2 aliphatic heterocycles. The first-order valence-corrected chi connectivity index (χ1v) is 10.6. The molecule has 2 aromatic rings. The smallest absolute Gasteiger partial charge is 0.147 e. The second-order valence-corrected chi connectivity index (χ2v) is 7.88. The van der Waals surface area contributed by atoms with Gasteiger partial charge in [-0.25, -0.2) is 4.98 Å². The van der Waals surface area contributed by atoms with Gasteiger partial charge in [-0.15, -0.1) is 10.2 Å². The van der Waals surface area contributed by atoms with Crippen molar-refractivity contribution in [3.63, 3.8) is 0 Å². The minimum Gasteiger partial charge on any atom is -0.334 e. The Labute approximate surface area is 162 Å². The Hall–Kier alpha value is -1.73. The van der Waals surface area contributed by atoms with Crippen LogP contribution in [0.1, 0.15) is 62.9 Å². The summed E-state index contributed by atoms with van der Waals surface area (Å²) in [6.07, 6.45) is 8.96. The summed E-state index contributed by atoms with van der Waals surface area (Å²) in [5.74, 6) is 4.08. The third-order valence-corrected chi connectivity index (χ3v) is 6.20. The first-order valence-electron chi connectivity index (χ1n) is 10.6. The van der Waals surface area contributed by atoms with Crippen molar-refractivity contribution in [2.24, 2.45) is 0 Å². The van der Waals surface area contributed by atoms with Crippen molar-refractivity contribution in [1.82, 2.24) is 34.1 Å². The van der Waals surface area contributed by atoms with Crippen LogP contribution >= 0.6 is 0 Å². The average molecular weight is 372 g/mol. The largest absolute Gasteiger partial charge is 0.334 e. The van der Waals surface area contributed by atoms with E-state index in [1.54, 1.807) is 0 Å². The number of aryl methyl sites for hydroxylation is 1. The van der Waals surface area contributed by atoms with E-state index in [4.69, 9.17) is 0 Å². The van der Waals surface area contributed by atoms with Crippen LogP contribution in [0, 0.1) is 0 Å². The summed E-state index contributed by atoms with van der Waals surface area (Å²) in [6, 6.07) is 0. The number of rotatable bonds is 7. The van der Waals surface area contributed by atoms with Crippen LogP contribution in [0.15, 0.2) is 12.4 Å². The Morgan fingerprint density at radius 3 is 2.30 bits per heavy atom. The Balaban J connectivity index is 1.37. The van der Waals surface area contributed by atoms with Gasteiger partial charge < -0.3 is 9.13 Å². The van der Waals surface area contributed by atoms with Crippen LogP contribution in [-0.4, -0.2) is 60.3 Å². The zero-order chi connectivity index (χ0) is 18.6. The predicted molar refractivity (Wildman–Crippen MR) is 105 cm³/mol. The summed E-state index contributed by atoms with van der Waals surface area (Å²) in [7, 11) is 0. The van der Waals surface area contributed by atoms with E-state index in [1.165, 1.54) is 37.6 Å². The SMILES string of the molecule is CCn1ccnc1CN1CCC(c2nnc(CN3CCCC3)n2CC)CC1. The quantitative estimate of drug-likeness (QED) is 0.748. The van der Waals surface area contributed by atoms with Crippen molar-refractivity contribution >= 4 is 0 Å². The molecule has 0 saturated carbocycles. The first-order chi connectivity index (χ1) is 13.3. The van der Waals surface area contributed by atoms with Gasteiger partial charge in [-0.05, 0) is 65.7 Å². The van der Waals surface area contributed by atoms with Gasteiger partial charge in [0.1, 0.15) is 17.5 Å². The lowest BCUT2D eigenvalue weighted by molar-refractivity contribution is 0.193. The van der Waals surface area contributed by atoms with Crippen molar-refractivity contribution < 1.29 is 0 Å². The monoisotopic (exact) mass is 371 g/mol. The van der Waals surface area contributed by atoms with Crippen LogP contribution in [0.25, 0.3) is 0 Å². The number of nitrogens with zero attached hydrogens (tertiary/aromatic N) is 7. The molecule has 0 N–H and O–H groups in total. The highest BCUT2D eigenvalue weighted by Gasteiger charge is 2.27. The van der Waals surface area contributed by atoms with Crippen LogP contribution in [0.4, 0.5) is 0 Å². The van der Waals surface area contributed by atoms with Crippen molar-refractivity contribution in [2.45, 2.75) is 71.6 Å². The number of hydrogen-bond donors (Lipinski definition) is 0. The van der Waals surface area contributed by atoms with Gasteiger partial charge in [0.2, 0.25) is 0 Å². The lowest BCUT2D eigenvalue weighted by Crippen LogP contribution is -2.34. The number of likely N-dealkylation sites (tertiary alicyclic amines) is 2. The van der Waals surface area contributed by atoms with E-state index in [-0.39, 0.29) is 0 Å². The summed E-state index contributed by atoms with van der Waals surface area (Å²) in [4.78, 5) is 9.57. The second kappa shape index (κ2) is 8.52. The van der Waals surface area contributed by atoms with Crippen LogP contribution in [0.5, 0.6) is 0 Å². The highest BCUT2D eigenvalue weighted by Crippen LogP contribution is 2.28. The van der Waals surface area contributed by atoms with E-state index in [0.29, 0.717) is 5.92 Å². The maximum Gasteiger partial charge on any atom is 0.147 e. The Bertz CT molecular complexity index is 721. The third-order valence-electron chi connectivity index (χ3n) is 6.20. The third kappa shape index (κ3) is 4.09. The molecule has 2 aromatic heterocycles. The number of piperidine rings is 1. The van der Waals surface area contributed by atoms with Crippen LogP contribution in [0.3, 0.4) is 0 Å². The fourth-order valence-electron chi connectivity index (χ4n) is 4.58. The molecule has 27 heavy (non-hydrogen) atoms. The van der Waals surface area contributed by atoms with Gasteiger partial charge in [0, 0.05) is 31.4 Å². The molecule has 0 aromatic carbocycles. The Kier molecular flexibility index (Phi) is 5.88. The van der Waals surface area contributed by atoms with E-state index in [0.717, 1.165) is 57.9 Å². The topological polar surface area (TPSA) is 55.0 Å². The maximum absolute atomic E-state index is 4.63. The zero-order valence-corrected chi connectivity index (χ0v) is 16.8. The summed E-state index contributed by atoms with van der Waals surface area (Å²) in [5, 5.41) is 9.20. The normalized spacial score (nSPS) is 19.9. The lowest BCUT2D eigenvalue weighted by atomic mass is 9.96. The summed E-state index contributed by atoms with van der Waals surface area (Å²) >= 11 is 0. The first kappa shape index (κ1) is 18.6. The van der Waals surface area contributed by atoms with E-state index >= 15 is 0 Å². The van der Waals surface area contributed by atoms with Gasteiger partial charge in [-0.2, -0.15) is 0 Å². The zero-order valence-electron chi connectivity index (χ0n) is 16.8. The molecule has 4 heterocycles. The summed E-state index contributed by atoms with van der Waals surface area (Å²) < 4.78 is 4.62. The fraction of sp³-hybridized carbons (Fsp3) is 0.750. The fourth-order valence-corrected chi connectivity index (χ4v) is 4.58. The van der Waals surface area contributed by atoms with Gasteiger partial charge in [-0.1, -0.05) is 0 Å². The number of aromatic nitrogens is 5. The van der Waals surface area contributed by atoms with Crippen LogP contribution < -0.4 is 0 Å². The Morgan fingerprint density at radius 2 is 1.59 bits per heavy atom. The van der Waals surface area contributed by atoms with Crippen molar-refractivity contribution in [2.75, 3.05) is 26.2 Å². The van der Waals surface area contributed by atoms with E-state index in [2.05, 4.69) is 54.2 Å². The van der Waals surface area contributed by atoms with E-state index in [9.17, 15) is 0 Å². The highest BCUT2D eigenvalue weighted by atomic mass is 15.3. The molecule has 7 nitrogen and oxygen atoms in total. The molecule has 0 spiro atoms. The second-order valence-electron chi connectivity index (χ2n) is 7.88. The molecule has 148 valence electrons. The van der Waals surface area contributed by atoms with Crippen LogP contribution in [-0.2, 0) is 26.2 Å². The van der Waals surface area contributed by atoms with Crippen molar-refractivity contribution in [3.8, 4) is 0 Å². The molecule has 7 heteroatoms. The van der Waals surface area contributed by atoms with E-state index < -0.39 is 0 Å². The van der Waals surface area contributed by atoms with Gasteiger partial charge >= 0.3 is 0 Å². The summed E-state index contributed by atoms with van der Waals surface area (Å²) in [6.45, 7) is 12.9. The molecule has 0 radical (unpaired) electrons. The maximum atomic E-state index is 4.63. The Morgan fingerprint density at radius 1 is 0.889 bits per heavy atom.